The van der Waals surface area contributed by atoms with Gasteiger partial charge in [0.05, 0.1) is 21.6 Å². The van der Waals surface area contributed by atoms with Gasteiger partial charge >= 0.3 is 5.97 Å². The first-order valence-electron chi connectivity index (χ1n) is 7.69. The van der Waals surface area contributed by atoms with Crippen LogP contribution in [-0.4, -0.2) is 34.8 Å². The molecule has 0 spiro atoms. The molecule has 8 heteroatoms. The summed E-state index contributed by atoms with van der Waals surface area (Å²) in [5.74, 6) is -1.97. The minimum Gasteiger partial charge on any atom is -0.477 e. The lowest BCUT2D eigenvalue weighted by atomic mass is 10.1. The van der Waals surface area contributed by atoms with Gasteiger partial charge in [0.2, 0.25) is 5.43 Å². The van der Waals surface area contributed by atoms with Gasteiger partial charge in [-0.3, -0.25) is 4.79 Å². The van der Waals surface area contributed by atoms with Gasteiger partial charge in [-0.25, -0.2) is 9.18 Å². The minimum atomic E-state index is -1.33. The fourth-order valence-electron chi connectivity index (χ4n) is 3.21. The summed E-state index contributed by atoms with van der Waals surface area (Å²) in [6.07, 6.45) is 3.06. The van der Waals surface area contributed by atoms with Gasteiger partial charge in [-0.2, -0.15) is 0 Å². The lowest BCUT2D eigenvalue weighted by molar-refractivity contribution is 0.0695. The molecule has 126 valence electrons. The number of hydrogen-bond donors (Lipinski definition) is 2. The van der Waals surface area contributed by atoms with E-state index in [0.717, 1.165) is 18.9 Å². The molecule has 0 atom stereocenters. The molecule has 0 bridgehead atoms. The van der Waals surface area contributed by atoms with Crippen molar-refractivity contribution >= 4 is 34.2 Å². The number of rotatable bonds is 3. The van der Waals surface area contributed by atoms with Crippen LogP contribution in [0, 0.1) is 5.82 Å². The summed E-state index contributed by atoms with van der Waals surface area (Å²) in [6, 6.07) is 1.14. The van der Waals surface area contributed by atoms with Crippen molar-refractivity contribution in [3.05, 3.63) is 38.9 Å². The number of hydrogen-bond acceptors (Lipinski definition) is 4. The molecule has 1 aliphatic carbocycles. The Morgan fingerprint density at radius 3 is 2.58 bits per heavy atom. The smallest absolute Gasteiger partial charge is 0.341 e. The molecule has 1 aromatic heterocycles. The van der Waals surface area contributed by atoms with Gasteiger partial charge in [0.15, 0.2) is 0 Å². The number of benzene rings is 1. The molecule has 2 aliphatic rings. The number of carboxylic acids is 1. The van der Waals surface area contributed by atoms with E-state index in [-0.39, 0.29) is 33.7 Å². The van der Waals surface area contributed by atoms with Crippen LogP contribution in [-0.2, 0) is 0 Å². The summed E-state index contributed by atoms with van der Waals surface area (Å²) in [5, 5.41) is 9.38. The molecule has 2 aromatic rings. The highest BCUT2D eigenvalue weighted by Gasteiger charge is 2.32. The first-order chi connectivity index (χ1) is 11.4. The molecule has 6 nitrogen and oxygen atoms in total. The van der Waals surface area contributed by atoms with E-state index in [1.807, 2.05) is 0 Å². The van der Waals surface area contributed by atoms with Crippen LogP contribution in [0.3, 0.4) is 0 Å². The Bertz CT molecular complexity index is 933. The van der Waals surface area contributed by atoms with E-state index in [9.17, 15) is 19.1 Å². The van der Waals surface area contributed by atoms with Crippen LogP contribution >= 0.6 is 11.6 Å². The van der Waals surface area contributed by atoms with E-state index in [1.165, 1.54) is 6.20 Å². The number of anilines is 1. The first-order valence-corrected chi connectivity index (χ1v) is 8.07. The van der Waals surface area contributed by atoms with Crippen molar-refractivity contribution in [2.75, 3.05) is 18.0 Å². The van der Waals surface area contributed by atoms with Crippen LogP contribution in [0.5, 0.6) is 0 Å². The normalized spacial score (nSPS) is 18.0. The number of carbonyl (C=O) groups is 1. The molecular formula is C16H15ClFN3O3. The molecule has 1 aliphatic heterocycles. The van der Waals surface area contributed by atoms with Crippen LogP contribution in [0.2, 0.25) is 5.02 Å². The number of pyridine rings is 1. The zero-order valence-corrected chi connectivity index (χ0v) is 13.4. The van der Waals surface area contributed by atoms with Crippen molar-refractivity contribution in [1.29, 1.82) is 0 Å². The largest absolute Gasteiger partial charge is 0.477 e. The van der Waals surface area contributed by atoms with Crippen LogP contribution in [0.25, 0.3) is 10.9 Å². The van der Waals surface area contributed by atoms with Crippen molar-refractivity contribution in [1.82, 2.24) is 4.57 Å². The standard InChI is InChI=1S/C16H15ClFN3O3/c17-12-13-9(3-11(18)14(12)20-4-7(19)5-20)15(22)10(16(23)24)6-21(13)8-1-2-8/h3,6-8H,1-2,4-5,19H2,(H,23,24). The number of aromatic nitrogens is 1. The summed E-state index contributed by atoms with van der Waals surface area (Å²) < 4.78 is 16.3. The molecule has 1 aromatic carbocycles. The van der Waals surface area contributed by atoms with Crippen LogP contribution in [0.1, 0.15) is 29.2 Å². The van der Waals surface area contributed by atoms with Gasteiger partial charge in [-0.15, -0.1) is 0 Å². The molecule has 3 N–H and O–H groups in total. The molecule has 4 rings (SSSR count). The zero-order valence-electron chi connectivity index (χ0n) is 12.6. The quantitative estimate of drug-likeness (QED) is 0.882. The second kappa shape index (κ2) is 5.19. The SMILES string of the molecule is NC1CN(c2c(F)cc3c(=O)c(C(=O)O)cn(C4CC4)c3c2Cl)C1. The average Bonchev–Trinajstić information content (AvgIpc) is 3.30. The van der Waals surface area contributed by atoms with E-state index in [4.69, 9.17) is 17.3 Å². The van der Waals surface area contributed by atoms with Gasteiger partial charge in [-0.1, -0.05) is 11.6 Å². The van der Waals surface area contributed by atoms with Gasteiger partial charge in [0, 0.05) is 31.4 Å². The van der Waals surface area contributed by atoms with Gasteiger partial charge in [-0.05, 0) is 18.9 Å². The molecule has 2 fully saturated rings. The second-order valence-electron chi connectivity index (χ2n) is 6.40. The average molecular weight is 352 g/mol. The number of nitrogens with two attached hydrogens (primary N) is 1. The number of aromatic carboxylic acids is 1. The molecule has 1 saturated heterocycles. The van der Waals surface area contributed by atoms with E-state index < -0.39 is 17.2 Å². The van der Waals surface area contributed by atoms with Crippen LogP contribution < -0.4 is 16.1 Å². The predicted molar refractivity (Wildman–Crippen MR) is 88.6 cm³/mol. The van der Waals surface area contributed by atoms with Gasteiger partial charge in [0.1, 0.15) is 11.4 Å². The third-order valence-corrected chi connectivity index (χ3v) is 4.94. The maximum atomic E-state index is 14.6. The lowest BCUT2D eigenvalue weighted by Crippen LogP contribution is -2.56. The van der Waals surface area contributed by atoms with E-state index in [0.29, 0.717) is 18.6 Å². The topological polar surface area (TPSA) is 88.6 Å². The lowest BCUT2D eigenvalue weighted by Gasteiger charge is -2.39. The molecule has 0 radical (unpaired) electrons. The van der Waals surface area contributed by atoms with E-state index in [1.54, 1.807) is 9.47 Å². The van der Waals surface area contributed by atoms with Gasteiger partial charge < -0.3 is 20.3 Å². The van der Waals surface area contributed by atoms with Crippen molar-refractivity contribution in [3.63, 3.8) is 0 Å². The molecule has 1 saturated carbocycles. The van der Waals surface area contributed by atoms with E-state index in [2.05, 4.69) is 0 Å². The first kappa shape index (κ1) is 15.4. The summed E-state index contributed by atoms with van der Waals surface area (Å²) in [7, 11) is 0. The number of halogens is 2. The Balaban J connectivity index is 2.04. The van der Waals surface area contributed by atoms with Gasteiger partial charge in [0.25, 0.3) is 0 Å². The molecule has 0 amide bonds. The summed E-state index contributed by atoms with van der Waals surface area (Å²) in [5.41, 5.74) is 5.28. The zero-order chi connectivity index (χ0) is 17.2. The predicted octanol–water partition coefficient (Wildman–Crippen LogP) is 1.97. The molecular weight excluding hydrogens is 337 g/mol. The highest BCUT2D eigenvalue weighted by atomic mass is 35.5. The third-order valence-electron chi connectivity index (χ3n) is 4.58. The van der Waals surface area contributed by atoms with Crippen molar-refractivity contribution in [2.45, 2.75) is 24.9 Å². The van der Waals surface area contributed by atoms with Crippen molar-refractivity contribution in [2.24, 2.45) is 5.73 Å². The fourth-order valence-corrected chi connectivity index (χ4v) is 3.62. The number of nitrogens with zero attached hydrogens (tertiary/aromatic N) is 2. The second-order valence-corrected chi connectivity index (χ2v) is 6.78. The Morgan fingerprint density at radius 2 is 2.04 bits per heavy atom. The molecule has 24 heavy (non-hydrogen) atoms. The third kappa shape index (κ3) is 2.19. The summed E-state index contributed by atoms with van der Waals surface area (Å²) in [4.78, 5) is 25.5. The van der Waals surface area contributed by atoms with E-state index >= 15 is 0 Å². The fraction of sp³-hybridized carbons (Fsp3) is 0.375. The Labute approximate surface area is 141 Å². The van der Waals surface area contributed by atoms with Crippen molar-refractivity contribution < 1.29 is 14.3 Å². The van der Waals surface area contributed by atoms with Crippen LogP contribution in [0.15, 0.2) is 17.1 Å². The Kier molecular flexibility index (Phi) is 3.33. The highest BCUT2D eigenvalue weighted by molar-refractivity contribution is 6.38. The monoisotopic (exact) mass is 351 g/mol. The van der Waals surface area contributed by atoms with Crippen LogP contribution in [0.4, 0.5) is 10.1 Å². The number of fused-ring (bicyclic) bond motifs is 1. The Hall–Kier alpha value is -2.12. The van der Waals surface area contributed by atoms with Crippen molar-refractivity contribution in [3.8, 4) is 0 Å². The summed E-state index contributed by atoms with van der Waals surface area (Å²) >= 11 is 6.45. The molecule has 2 heterocycles. The maximum Gasteiger partial charge on any atom is 0.341 e. The minimum absolute atomic E-state index is 0.00197. The maximum absolute atomic E-state index is 14.6. The Morgan fingerprint density at radius 1 is 1.38 bits per heavy atom. The molecule has 0 unspecified atom stereocenters. The number of carboxylic acid groups (broad SMARTS) is 1. The summed E-state index contributed by atoms with van der Waals surface area (Å²) in [6.45, 7) is 0.978. The highest BCUT2D eigenvalue weighted by Crippen LogP contribution is 2.42.